The lowest BCUT2D eigenvalue weighted by molar-refractivity contribution is -0.114. The van der Waals surface area contributed by atoms with Crippen molar-refractivity contribution in [3.05, 3.63) is 59.7 Å². The molecule has 2 rings (SSSR count). The van der Waals surface area contributed by atoms with Crippen molar-refractivity contribution in [3.8, 4) is 0 Å². The third kappa shape index (κ3) is 5.17. The van der Waals surface area contributed by atoms with Crippen LogP contribution in [0.15, 0.2) is 48.5 Å². The number of rotatable bonds is 7. The molecule has 0 unspecified atom stereocenters. The Morgan fingerprint density at radius 1 is 1.00 bits per heavy atom. The molecule has 0 aliphatic carbocycles. The van der Waals surface area contributed by atoms with Crippen molar-refractivity contribution in [2.24, 2.45) is 0 Å². The highest BCUT2D eigenvalue weighted by molar-refractivity contribution is 6.01. The van der Waals surface area contributed by atoms with Gasteiger partial charge in [0, 0.05) is 29.0 Å². The van der Waals surface area contributed by atoms with Gasteiger partial charge in [-0.1, -0.05) is 18.2 Å². The standard InChI is InChI=1S/C19H21N3O3/c1-3-20-19(25)14-7-6-8-15(11-14)22-18(24)12-21-17-10-5-4-9-16(17)13(2)23/h4-11,21H,3,12H2,1-2H3,(H,20,25)(H,22,24). The number of carbonyl (C=O) groups is 3. The fraction of sp³-hybridized carbons (Fsp3) is 0.211. The predicted molar refractivity (Wildman–Crippen MR) is 98.0 cm³/mol. The number of anilines is 2. The minimum Gasteiger partial charge on any atom is -0.376 e. The summed E-state index contributed by atoms with van der Waals surface area (Å²) in [5.41, 5.74) is 2.17. The molecule has 0 saturated heterocycles. The summed E-state index contributed by atoms with van der Waals surface area (Å²) in [7, 11) is 0. The lowest BCUT2D eigenvalue weighted by Gasteiger charge is -2.11. The van der Waals surface area contributed by atoms with Gasteiger partial charge in [0.15, 0.2) is 5.78 Å². The van der Waals surface area contributed by atoms with E-state index in [0.29, 0.717) is 29.0 Å². The first-order valence-electron chi connectivity index (χ1n) is 8.03. The molecule has 2 aromatic rings. The van der Waals surface area contributed by atoms with E-state index < -0.39 is 0 Å². The minimum atomic E-state index is -0.272. The monoisotopic (exact) mass is 339 g/mol. The Morgan fingerprint density at radius 3 is 2.48 bits per heavy atom. The number of amides is 2. The summed E-state index contributed by atoms with van der Waals surface area (Å²) in [6, 6.07) is 13.7. The van der Waals surface area contributed by atoms with Gasteiger partial charge in [-0.3, -0.25) is 14.4 Å². The fourth-order valence-corrected chi connectivity index (χ4v) is 2.33. The number of hydrogen-bond acceptors (Lipinski definition) is 4. The number of benzene rings is 2. The summed E-state index contributed by atoms with van der Waals surface area (Å²) >= 11 is 0. The Morgan fingerprint density at radius 2 is 1.76 bits per heavy atom. The van der Waals surface area contributed by atoms with E-state index in [1.165, 1.54) is 6.92 Å². The van der Waals surface area contributed by atoms with Crippen LogP contribution in [0, 0.1) is 0 Å². The van der Waals surface area contributed by atoms with Crippen LogP contribution >= 0.6 is 0 Å². The van der Waals surface area contributed by atoms with Gasteiger partial charge in [-0.05, 0) is 44.2 Å². The molecule has 6 heteroatoms. The largest absolute Gasteiger partial charge is 0.376 e. The molecule has 0 aliphatic heterocycles. The Kier molecular flexibility index (Phi) is 6.28. The molecule has 2 amide bonds. The zero-order chi connectivity index (χ0) is 18.2. The normalized spacial score (nSPS) is 10.0. The van der Waals surface area contributed by atoms with E-state index in [0.717, 1.165) is 0 Å². The average molecular weight is 339 g/mol. The second-order valence-corrected chi connectivity index (χ2v) is 5.44. The highest BCUT2D eigenvalue weighted by atomic mass is 16.2. The SMILES string of the molecule is CCNC(=O)c1cccc(NC(=O)CNc2ccccc2C(C)=O)c1. The van der Waals surface area contributed by atoms with Crippen LogP contribution in [0.2, 0.25) is 0 Å². The van der Waals surface area contributed by atoms with Crippen molar-refractivity contribution < 1.29 is 14.4 Å². The van der Waals surface area contributed by atoms with Crippen LogP contribution in [0.4, 0.5) is 11.4 Å². The Hall–Kier alpha value is -3.15. The summed E-state index contributed by atoms with van der Waals surface area (Å²) in [5.74, 6) is -0.531. The van der Waals surface area contributed by atoms with Crippen molar-refractivity contribution in [1.82, 2.24) is 5.32 Å². The smallest absolute Gasteiger partial charge is 0.251 e. The highest BCUT2D eigenvalue weighted by Gasteiger charge is 2.09. The zero-order valence-electron chi connectivity index (χ0n) is 14.3. The molecule has 6 nitrogen and oxygen atoms in total. The topological polar surface area (TPSA) is 87.3 Å². The lowest BCUT2D eigenvalue weighted by Crippen LogP contribution is -2.24. The first kappa shape index (κ1) is 18.2. The summed E-state index contributed by atoms with van der Waals surface area (Å²) < 4.78 is 0. The number of carbonyl (C=O) groups excluding carboxylic acids is 3. The van der Waals surface area contributed by atoms with Gasteiger partial charge in [0.2, 0.25) is 5.91 Å². The maximum absolute atomic E-state index is 12.1. The van der Waals surface area contributed by atoms with Gasteiger partial charge in [0.1, 0.15) is 0 Å². The molecule has 0 heterocycles. The lowest BCUT2D eigenvalue weighted by atomic mass is 10.1. The van der Waals surface area contributed by atoms with E-state index in [9.17, 15) is 14.4 Å². The number of hydrogen-bond donors (Lipinski definition) is 3. The van der Waals surface area contributed by atoms with Crippen LogP contribution in [0.3, 0.4) is 0 Å². The number of Topliss-reactive ketones (excluding diaryl/α,β-unsaturated/α-hetero) is 1. The van der Waals surface area contributed by atoms with Gasteiger partial charge < -0.3 is 16.0 Å². The van der Waals surface area contributed by atoms with Gasteiger partial charge >= 0.3 is 0 Å². The highest BCUT2D eigenvalue weighted by Crippen LogP contribution is 2.15. The predicted octanol–water partition coefficient (Wildman–Crippen LogP) is 2.69. The second-order valence-electron chi connectivity index (χ2n) is 5.44. The molecule has 3 N–H and O–H groups in total. The molecule has 0 saturated carbocycles. The summed E-state index contributed by atoms with van der Waals surface area (Å²) in [6.45, 7) is 3.87. The van der Waals surface area contributed by atoms with Gasteiger partial charge in [0.05, 0.1) is 6.54 Å². The number of para-hydroxylation sites is 1. The van der Waals surface area contributed by atoms with Crippen molar-refractivity contribution in [2.45, 2.75) is 13.8 Å². The van der Waals surface area contributed by atoms with Crippen molar-refractivity contribution in [2.75, 3.05) is 23.7 Å². The van der Waals surface area contributed by atoms with Gasteiger partial charge in [-0.25, -0.2) is 0 Å². The van der Waals surface area contributed by atoms with E-state index in [1.54, 1.807) is 48.5 Å². The van der Waals surface area contributed by atoms with Crippen LogP contribution in [-0.2, 0) is 4.79 Å². The van der Waals surface area contributed by atoms with Crippen LogP contribution in [-0.4, -0.2) is 30.7 Å². The van der Waals surface area contributed by atoms with Crippen LogP contribution in [0.1, 0.15) is 34.6 Å². The molecule has 0 aromatic heterocycles. The molecule has 0 atom stereocenters. The molecule has 0 spiro atoms. The summed E-state index contributed by atoms with van der Waals surface area (Å²) in [5, 5.41) is 8.40. The molecule has 2 aromatic carbocycles. The van der Waals surface area contributed by atoms with Crippen LogP contribution < -0.4 is 16.0 Å². The minimum absolute atomic E-state index is 0.00960. The summed E-state index contributed by atoms with van der Waals surface area (Å²) in [4.78, 5) is 35.5. The van der Waals surface area contributed by atoms with Crippen LogP contribution in [0.25, 0.3) is 0 Å². The first-order valence-corrected chi connectivity index (χ1v) is 8.03. The molecule has 25 heavy (non-hydrogen) atoms. The zero-order valence-corrected chi connectivity index (χ0v) is 14.3. The molecular weight excluding hydrogens is 318 g/mol. The van der Waals surface area contributed by atoms with E-state index in [1.807, 2.05) is 6.92 Å². The van der Waals surface area contributed by atoms with E-state index in [2.05, 4.69) is 16.0 Å². The van der Waals surface area contributed by atoms with Gasteiger partial charge in [0.25, 0.3) is 5.91 Å². The maximum atomic E-state index is 12.1. The van der Waals surface area contributed by atoms with Crippen molar-refractivity contribution >= 4 is 29.0 Å². The number of nitrogens with one attached hydrogen (secondary N) is 3. The van der Waals surface area contributed by atoms with Crippen LogP contribution in [0.5, 0.6) is 0 Å². The molecule has 0 fully saturated rings. The van der Waals surface area contributed by atoms with Crippen molar-refractivity contribution in [3.63, 3.8) is 0 Å². The molecule has 0 radical (unpaired) electrons. The van der Waals surface area contributed by atoms with E-state index in [4.69, 9.17) is 0 Å². The fourth-order valence-electron chi connectivity index (χ4n) is 2.33. The maximum Gasteiger partial charge on any atom is 0.251 e. The molecular formula is C19H21N3O3. The Balaban J connectivity index is 1.98. The third-order valence-electron chi connectivity index (χ3n) is 3.49. The molecule has 0 bridgehead atoms. The Labute approximate surface area is 146 Å². The second kappa shape index (κ2) is 8.63. The summed E-state index contributed by atoms with van der Waals surface area (Å²) in [6.07, 6.45) is 0. The average Bonchev–Trinajstić information content (AvgIpc) is 2.60. The first-order chi connectivity index (χ1) is 12.0. The van der Waals surface area contributed by atoms with Gasteiger partial charge in [-0.2, -0.15) is 0 Å². The van der Waals surface area contributed by atoms with Gasteiger partial charge in [-0.15, -0.1) is 0 Å². The Bertz CT molecular complexity index is 787. The third-order valence-corrected chi connectivity index (χ3v) is 3.49. The quantitative estimate of drug-likeness (QED) is 0.677. The van der Waals surface area contributed by atoms with E-state index in [-0.39, 0.29) is 24.1 Å². The molecule has 130 valence electrons. The number of ketones is 1. The van der Waals surface area contributed by atoms with E-state index >= 15 is 0 Å². The van der Waals surface area contributed by atoms with Crippen molar-refractivity contribution in [1.29, 1.82) is 0 Å². The molecule has 0 aliphatic rings.